The molecular weight excluding hydrogens is 221 g/mol. The van der Waals surface area contributed by atoms with E-state index in [2.05, 4.69) is 0 Å². The van der Waals surface area contributed by atoms with E-state index in [4.69, 9.17) is 9.47 Å². The largest absolute Gasteiger partial charge is 0.491 e. The van der Waals surface area contributed by atoms with Crippen molar-refractivity contribution in [3.63, 3.8) is 0 Å². The third kappa shape index (κ3) is 3.41. The van der Waals surface area contributed by atoms with Gasteiger partial charge in [-0.3, -0.25) is 0 Å². The van der Waals surface area contributed by atoms with Gasteiger partial charge in [0.1, 0.15) is 12.4 Å². The minimum Gasteiger partial charge on any atom is -0.491 e. The quantitative estimate of drug-likeness (QED) is 0.745. The minimum atomic E-state index is -4.39. The average molecular weight is 234 g/mol. The number of benzene rings is 1. The van der Waals surface area contributed by atoms with E-state index in [1.54, 1.807) is 6.92 Å². The van der Waals surface area contributed by atoms with E-state index >= 15 is 0 Å². The van der Waals surface area contributed by atoms with Gasteiger partial charge in [-0.25, -0.2) is 0 Å². The summed E-state index contributed by atoms with van der Waals surface area (Å²) < 4.78 is 47.5. The van der Waals surface area contributed by atoms with Crippen molar-refractivity contribution in [2.45, 2.75) is 13.1 Å². The first-order valence-electron chi connectivity index (χ1n) is 4.74. The lowest BCUT2D eigenvalue weighted by Gasteiger charge is -2.14. The lowest BCUT2D eigenvalue weighted by atomic mass is 10.1. The molecule has 0 radical (unpaired) electrons. The molecule has 0 fully saturated rings. The lowest BCUT2D eigenvalue weighted by molar-refractivity contribution is -0.139. The molecule has 0 heterocycles. The zero-order valence-corrected chi connectivity index (χ0v) is 9.10. The SMILES string of the molecule is COCCOc1cc(C)ccc1C(F)(F)F. The van der Waals surface area contributed by atoms with Crippen molar-refractivity contribution in [1.29, 1.82) is 0 Å². The van der Waals surface area contributed by atoms with E-state index in [9.17, 15) is 13.2 Å². The van der Waals surface area contributed by atoms with Crippen LogP contribution in [0.2, 0.25) is 0 Å². The van der Waals surface area contributed by atoms with Crippen molar-refractivity contribution >= 4 is 0 Å². The molecule has 0 aliphatic carbocycles. The van der Waals surface area contributed by atoms with Crippen LogP contribution in [0.5, 0.6) is 5.75 Å². The summed E-state index contributed by atoms with van der Waals surface area (Å²) >= 11 is 0. The molecule has 2 nitrogen and oxygen atoms in total. The number of halogens is 3. The van der Waals surface area contributed by atoms with E-state index < -0.39 is 11.7 Å². The first-order chi connectivity index (χ1) is 7.45. The average Bonchev–Trinajstić information content (AvgIpc) is 2.16. The molecule has 0 spiro atoms. The highest BCUT2D eigenvalue weighted by atomic mass is 19.4. The monoisotopic (exact) mass is 234 g/mol. The Kier molecular flexibility index (Phi) is 4.18. The van der Waals surface area contributed by atoms with Gasteiger partial charge in [0.05, 0.1) is 12.2 Å². The molecule has 0 aliphatic rings. The molecule has 0 saturated heterocycles. The number of rotatable bonds is 4. The first kappa shape index (κ1) is 12.8. The van der Waals surface area contributed by atoms with Gasteiger partial charge in [0, 0.05) is 7.11 Å². The fraction of sp³-hybridized carbons (Fsp3) is 0.455. The number of methoxy groups -OCH3 is 1. The van der Waals surface area contributed by atoms with Gasteiger partial charge in [0.25, 0.3) is 0 Å². The van der Waals surface area contributed by atoms with Gasteiger partial charge >= 0.3 is 6.18 Å². The van der Waals surface area contributed by atoms with Crippen molar-refractivity contribution < 1.29 is 22.6 Å². The van der Waals surface area contributed by atoms with E-state index in [-0.39, 0.29) is 19.0 Å². The lowest BCUT2D eigenvalue weighted by Crippen LogP contribution is -2.11. The van der Waals surface area contributed by atoms with Gasteiger partial charge in [0.2, 0.25) is 0 Å². The molecule has 5 heteroatoms. The Labute approximate surface area is 92.0 Å². The smallest absolute Gasteiger partial charge is 0.419 e. The predicted octanol–water partition coefficient (Wildman–Crippen LogP) is 3.04. The Morgan fingerprint density at radius 3 is 2.44 bits per heavy atom. The number of hydrogen-bond donors (Lipinski definition) is 0. The third-order valence-corrected chi connectivity index (χ3v) is 1.99. The van der Waals surface area contributed by atoms with Gasteiger partial charge in [-0.1, -0.05) is 6.07 Å². The number of aryl methyl sites for hydroxylation is 1. The summed E-state index contributed by atoms with van der Waals surface area (Å²) in [6.45, 7) is 2.07. The van der Waals surface area contributed by atoms with Crippen LogP contribution in [0.3, 0.4) is 0 Å². The van der Waals surface area contributed by atoms with Crippen LogP contribution in [-0.4, -0.2) is 20.3 Å². The molecule has 16 heavy (non-hydrogen) atoms. The van der Waals surface area contributed by atoms with Gasteiger partial charge in [0.15, 0.2) is 0 Å². The Bertz CT molecular complexity index is 348. The van der Waals surface area contributed by atoms with E-state index in [0.717, 1.165) is 11.6 Å². The maximum atomic E-state index is 12.6. The van der Waals surface area contributed by atoms with Gasteiger partial charge in [-0.2, -0.15) is 13.2 Å². The minimum absolute atomic E-state index is 0.100. The van der Waals surface area contributed by atoms with E-state index in [0.29, 0.717) is 0 Å². The first-order valence-corrected chi connectivity index (χ1v) is 4.74. The number of ether oxygens (including phenoxy) is 2. The zero-order chi connectivity index (χ0) is 12.2. The maximum absolute atomic E-state index is 12.6. The molecule has 1 rings (SSSR count). The molecule has 0 bridgehead atoms. The normalized spacial score (nSPS) is 11.6. The molecule has 0 aliphatic heterocycles. The van der Waals surface area contributed by atoms with Crippen LogP contribution >= 0.6 is 0 Å². The second kappa shape index (κ2) is 5.21. The summed E-state index contributed by atoms with van der Waals surface area (Å²) in [5.74, 6) is -0.149. The summed E-state index contributed by atoms with van der Waals surface area (Å²) in [6, 6.07) is 3.81. The molecule has 1 aromatic rings. The van der Waals surface area contributed by atoms with Crippen LogP contribution in [-0.2, 0) is 10.9 Å². The van der Waals surface area contributed by atoms with Crippen molar-refractivity contribution in [2.75, 3.05) is 20.3 Å². The van der Waals surface area contributed by atoms with Gasteiger partial charge in [-0.15, -0.1) is 0 Å². The van der Waals surface area contributed by atoms with E-state index in [1.807, 2.05) is 0 Å². The van der Waals surface area contributed by atoms with Gasteiger partial charge < -0.3 is 9.47 Å². The van der Waals surface area contributed by atoms with Crippen LogP contribution in [0.25, 0.3) is 0 Å². The summed E-state index contributed by atoms with van der Waals surface area (Å²) in [7, 11) is 1.46. The summed E-state index contributed by atoms with van der Waals surface area (Å²) in [5, 5.41) is 0. The predicted molar refractivity (Wildman–Crippen MR) is 53.6 cm³/mol. The van der Waals surface area contributed by atoms with Crippen molar-refractivity contribution in [2.24, 2.45) is 0 Å². The molecule has 0 aromatic heterocycles. The molecule has 0 N–H and O–H groups in total. The Morgan fingerprint density at radius 1 is 1.19 bits per heavy atom. The standard InChI is InChI=1S/C11H13F3O2/c1-8-3-4-9(11(12,13)14)10(7-8)16-6-5-15-2/h3-4,7H,5-6H2,1-2H3. The summed E-state index contributed by atoms with van der Waals surface area (Å²) in [4.78, 5) is 0. The zero-order valence-electron chi connectivity index (χ0n) is 9.10. The number of hydrogen-bond acceptors (Lipinski definition) is 2. The Hall–Kier alpha value is -1.23. The van der Waals surface area contributed by atoms with Crippen molar-refractivity contribution in [3.8, 4) is 5.75 Å². The second-order valence-electron chi connectivity index (χ2n) is 3.34. The molecule has 0 amide bonds. The fourth-order valence-electron chi connectivity index (χ4n) is 1.22. The fourth-order valence-corrected chi connectivity index (χ4v) is 1.22. The van der Waals surface area contributed by atoms with Crippen molar-refractivity contribution in [1.82, 2.24) is 0 Å². The topological polar surface area (TPSA) is 18.5 Å². The second-order valence-corrected chi connectivity index (χ2v) is 3.34. The van der Waals surface area contributed by atoms with Gasteiger partial charge in [-0.05, 0) is 24.6 Å². The van der Waals surface area contributed by atoms with Crippen LogP contribution in [0.15, 0.2) is 18.2 Å². The van der Waals surface area contributed by atoms with Crippen molar-refractivity contribution in [3.05, 3.63) is 29.3 Å². The third-order valence-electron chi connectivity index (χ3n) is 1.99. The molecule has 90 valence electrons. The molecule has 0 atom stereocenters. The summed E-state index contributed by atoms with van der Waals surface area (Å²) in [6.07, 6.45) is -4.39. The molecule has 0 unspecified atom stereocenters. The van der Waals surface area contributed by atoms with Crippen LogP contribution in [0, 0.1) is 6.92 Å². The highest BCUT2D eigenvalue weighted by Gasteiger charge is 2.34. The molecular formula is C11H13F3O2. The van der Waals surface area contributed by atoms with Crippen LogP contribution < -0.4 is 4.74 Å². The number of alkyl halides is 3. The van der Waals surface area contributed by atoms with Crippen LogP contribution in [0.4, 0.5) is 13.2 Å². The van der Waals surface area contributed by atoms with E-state index in [1.165, 1.54) is 19.2 Å². The van der Waals surface area contributed by atoms with Crippen LogP contribution in [0.1, 0.15) is 11.1 Å². The molecule has 0 saturated carbocycles. The highest BCUT2D eigenvalue weighted by Crippen LogP contribution is 2.36. The Balaban J connectivity index is 2.90. The molecule has 1 aromatic carbocycles. The highest BCUT2D eigenvalue weighted by molar-refractivity contribution is 5.39. The maximum Gasteiger partial charge on any atom is 0.419 e. The Morgan fingerprint density at radius 2 is 1.88 bits per heavy atom. The summed E-state index contributed by atoms with van der Waals surface area (Å²) in [5.41, 5.74) is -0.0328.